The van der Waals surface area contributed by atoms with Gasteiger partial charge in [-0.1, -0.05) is 36.6 Å². The zero-order valence-corrected chi connectivity index (χ0v) is 14.3. The maximum atomic E-state index is 13.5. The lowest BCUT2D eigenvalue weighted by Gasteiger charge is -2.33. The van der Waals surface area contributed by atoms with Crippen LogP contribution in [0, 0.1) is 11.8 Å². The summed E-state index contributed by atoms with van der Waals surface area (Å²) in [5.74, 6) is 1.45. The van der Waals surface area contributed by atoms with Gasteiger partial charge in [0.05, 0.1) is 5.41 Å². The van der Waals surface area contributed by atoms with Crippen LogP contribution in [-0.4, -0.2) is 29.9 Å². The van der Waals surface area contributed by atoms with Crippen LogP contribution in [0.25, 0.3) is 0 Å². The van der Waals surface area contributed by atoms with Gasteiger partial charge in [0.25, 0.3) is 0 Å². The Hall–Kier alpha value is -1.06. The lowest BCUT2D eigenvalue weighted by molar-refractivity contribution is -0.136. The molecule has 23 heavy (non-hydrogen) atoms. The van der Waals surface area contributed by atoms with Gasteiger partial charge in [0.1, 0.15) is 0 Å². The van der Waals surface area contributed by atoms with Crippen LogP contribution in [0.15, 0.2) is 24.3 Å². The molecule has 3 fully saturated rings. The van der Waals surface area contributed by atoms with Crippen molar-refractivity contribution in [3.05, 3.63) is 34.9 Å². The van der Waals surface area contributed by atoms with Crippen LogP contribution in [0.2, 0.25) is 5.02 Å². The molecule has 1 amide bonds. The highest BCUT2D eigenvalue weighted by Gasteiger charge is 2.49. The number of amides is 1. The predicted octanol–water partition coefficient (Wildman–Crippen LogP) is 3.35. The molecule has 1 heterocycles. The average molecular weight is 333 g/mol. The van der Waals surface area contributed by atoms with Gasteiger partial charge < -0.3 is 10.6 Å². The van der Waals surface area contributed by atoms with Gasteiger partial charge >= 0.3 is 0 Å². The second-order valence-electron chi connectivity index (χ2n) is 7.67. The van der Waals surface area contributed by atoms with E-state index in [4.69, 9.17) is 17.3 Å². The smallest absolute Gasteiger partial charge is 0.233 e. The first kappa shape index (κ1) is 15.5. The van der Waals surface area contributed by atoms with E-state index in [0.29, 0.717) is 17.7 Å². The van der Waals surface area contributed by atoms with Crippen LogP contribution in [0.4, 0.5) is 0 Å². The van der Waals surface area contributed by atoms with Crippen LogP contribution >= 0.6 is 11.6 Å². The molecular weight excluding hydrogens is 308 g/mol. The van der Waals surface area contributed by atoms with Crippen LogP contribution in [0.3, 0.4) is 0 Å². The van der Waals surface area contributed by atoms with E-state index in [-0.39, 0.29) is 11.5 Å². The number of carbonyl (C=O) groups is 1. The second kappa shape index (κ2) is 5.78. The summed E-state index contributed by atoms with van der Waals surface area (Å²) in [7, 11) is 0. The Morgan fingerprint density at radius 2 is 2.00 bits per heavy atom. The number of fused-ring (bicyclic) bond motifs is 1. The third kappa shape index (κ3) is 2.49. The van der Waals surface area contributed by atoms with Crippen molar-refractivity contribution in [3.63, 3.8) is 0 Å². The first-order valence-corrected chi connectivity index (χ1v) is 9.29. The van der Waals surface area contributed by atoms with Gasteiger partial charge in [-0.25, -0.2) is 0 Å². The van der Waals surface area contributed by atoms with Crippen LogP contribution in [0.1, 0.15) is 44.1 Å². The Balaban J connectivity index is 1.62. The fourth-order valence-electron chi connectivity index (χ4n) is 5.17. The van der Waals surface area contributed by atoms with Crippen molar-refractivity contribution < 1.29 is 4.79 Å². The second-order valence-corrected chi connectivity index (χ2v) is 8.11. The van der Waals surface area contributed by atoms with Gasteiger partial charge in [-0.3, -0.25) is 4.79 Å². The Kier molecular flexibility index (Phi) is 3.89. The molecule has 1 saturated heterocycles. The molecule has 0 bridgehead atoms. The van der Waals surface area contributed by atoms with E-state index in [1.807, 2.05) is 18.2 Å². The minimum atomic E-state index is -0.354. The first-order chi connectivity index (χ1) is 11.1. The van der Waals surface area contributed by atoms with Crippen molar-refractivity contribution in [2.75, 3.05) is 13.1 Å². The van der Waals surface area contributed by atoms with Gasteiger partial charge in [-0.15, -0.1) is 0 Å². The lowest BCUT2D eigenvalue weighted by Crippen LogP contribution is -2.45. The SMILES string of the molecule is NC1CCC2CN(C(=O)C3(c4cccc(Cl)c4)CCCC3)CC12. The largest absolute Gasteiger partial charge is 0.341 e. The van der Waals surface area contributed by atoms with Gasteiger partial charge in [0.15, 0.2) is 0 Å². The number of hydrogen-bond donors (Lipinski definition) is 1. The molecule has 3 atom stereocenters. The number of benzene rings is 1. The molecule has 2 saturated carbocycles. The molecule has 3 aliphatic rings. The summed E-state index contributed by atoms with van der Waals surface area (Å²) in [4.78, 5) is 15.6. The molecule has 1 aliphatic heterocycles. The molecule has 4 heteroatoms. The summed E-state index contributed by atoms with van der Waals surface area (Å²) in [6.45, 7) is 1.76. The first-order valence-electron chi connectivity index (χ1n) is 8.91. The Morgan fingerprint density at radius 3 is 2.70 bits per heavy atom. The minimum absolute atomic E-state index is 0.281. The van der Waals surface area contributed by atoms with Crippen molar-refractivity contribution in [2.24, 2.45) is 17.6 Å². The zero-order chi connectivity index (χ0) is 16.0. The molecule has 0 radical (unpaired) electrons. The molecule has 124 valence electrons. The van der Waals surface area contributed by atoms with E-state index in [9.17, 15) is 4.79 Å². The highest BCUT2D eigenvalue weighted by Crippen LogP contribution is 2.45. The Labute approximate surface area is 143 Å². The summed E-state index contributed by atoms with van der Waals surface area (Å²) in [5.41, 5.74) is 7.00. The molecule has 3 nitrogen and oxygen atoms in total. The van der Waals surface area contributed by atoms with E-state index < -0.39 is 0 Å². The van der Waals surface area contributed by atoms with E-state index in [2.05, 4.69) is 11.0 Å². The molecule has 0 aromatic heterocycles. The Bertz CT molecular complexity index is 611. The predicted molar refractivity (Wildman–Crippen MR) is 92.4 cm³/mol. The van der Waals surface area contributed by atoms with Crippen molar-refractivity contribution in [1.29, 1.82) is 0 Å². The van der Waals surface area contributed by atoms with E-state index in [1.165, 1.54) is 6.42 Å². The molecular formula is C19H25ClN2O. The molecule has 4 rings (SSSR count). The summed E-state index contributed by atoms with van der Waals surface area (Å²) in [6, 6.07) is 8.21. The molecule has 1 aromatic rings. The van der Waals surface area contributed by atoms with E-state index in [0.717, 1.165) is 55.8 Å². The quantitative estimate of drug-likeness (QED) is 0.902. The lowest BCUT2D eigenvalue weighted by atomic mass is 9.77. The molecule has 2 N–H and O–H groups in total. The van der Waals surface area contributed by atoms with Crippen molar-refractivity contribution in [3.8, 4) is 0 Å². The standard InChI is InChI=1S/C19H25ClN2O/c20-15-5-3-4-14(10-15)19(8-1-2-9-19)18(23)22-11-13-6-7-17(21)16(13)12-22/h3-5,10,13,16-17H,1-2,6-9,11-12,21H2. The molecule has 0 spiro atoms. The zero-order valence-electron chi connectivity index (χ0n) is 13.5. The number of carbonyl (C=O) groups excluding carboxylic acids is 1. The normalized spacial score (nSPS) is 32.3. The number of halogens is 1. The van der Waals surface area contributed by atoms with Crippen LogP contribution in [-0.2, 0) is 10.2 Å². The van der Waals surface area contributed by atoms with Crippen molar-refractivity contribution in [2.45, 2.75) is 50.0 Å². The summed E-state index contributed by atoms with van der Waals surface area (Å²) in [6.07, 6.45) is 6.45. The summed E-state index contributed by atoms with van der Waals surface area (Å²) >= 11 is 6.21. The Morgan fingerprint density at radius 1 is 1.22 bits per heavy atom. The van der Waals surface area contributed by atoms with E-state index in [1.54, 1.807) is 0 Å². The van der Waals surface area contributed by atoms with Gasteiger partial charge in [0.2, 0.25) is 5.91 Å². The highest BCUT2D eigenvalue weighted by molar-refractivity contribution is 6.30. The fourth-order valence-corrected chi connectivity index (χ4v) is 5.36. The van der Waals surface area contributed by atoms with Crippen LogP contribution < -0.4 is 5.73 Å². The highest BCUT2D eigenvalue weighted by atomic mass is 35.5. The average Bonchev–Trinajstić information content (AvgIpc) is 3.25. The molecule has 3 unspecified atom stereocenters. The summed E-state index contributed by atoms with van der Waals surface area (Å²) in [5, 5.41) is 0.724. The molecule has 2 aliphatic carbocycles. The number of rotatable bonds is 2. The third-order valence-corrected chi connectivity index (χ3v) is 6.68. The summed E-state index contributed by atoms with van der Waals surface area (Å²) < 4.78 is 0. The number of hydrogen-bond acceptors (Lipinski definition) is 2. The topological polar surface area (TPSA) is 46.3 Å². The fraction of sp³-hybridized carbons (Fsp3) is 0.632. The number of nitrogens with zero attached hydrogens (tertiary/aromatic N) is 1. The van der Waals surface area contributed by atoms with Crippen molar-refractivity contribution in [1.82, 2.24) is 4.90 Å². The third-order valence-electron chi connectivity index (χ3n) is 6.44. The van der Waals surface area contributed by atoms with Crippen molar-refractivity contribution >= 4 is 17.5 Å². The van der Waals surface area contributed by atoms with E-state index >= 15 is 0 Å². The maximum Gasteiger partial charge on any atom is 0.233 e. The van der Waals surface area contributed by atoms with Crippen LogP contribution in [0.5, 0.6) is 0 Å². The monoisotopic (exact) mass is 332 g/mol. The van der Waals surface area contributed by atoms with Gasteiger partial charge in [0, 0.05) is 24.2 Å². The van der Waals surface area contributed by atoms with Gasteiger partial charge in [-0.2, -0.15) is 0 Å². The number of likely N-dealkylation sites (tertiary alicyclic amines) is 1. The number of nitrogens with two attached hydrogens (primary N) is 1. The molecule has 1 aromatic carbocycles. The minimum Gasteiger partial charge on any atom is -0.341 e. The maximum absolute atomic E-state index is 13.5. The van der Waals surface area contributed by atoms with Gasteiger partial charge in [-0.05, 0) is 55.2 Å².